The fourth-order valence-electron chi connectivity index (χ4n) is 5.22. The molecule has 9 heteroatoms. The average molecular weight is 584 g/mol. The Balaban J connectivity index is 1.18. The number of likely N-dealkylation sites (tertiary alicyclic amines) is 1. The summed E-state index contributed by atoms with van der Waals surface area (Å²) in [5.41, 5.74) is 3.10. The molecule has 0 saturated carbocycles. The van der Waals surface area contributed by atoms with E-state index >= 15 is 0 Å². The largest absolute Gasteiger partial charge is 0.497 e. The van der Waals surface area contributed by atoms with Crippen molar-refractivity contribution in [1.82, 2.24) is 25.0 Å². The number of nitrogens with zero attached hydrogens (tertiary/aromatic N) is 4. The Kier molecular flexibility index (Phi) is 10.3. The van der Waals surface area contributed by atoms with Crippen molar-refractivity contribution < 1.29 is 14.3 Å². The third kappa shape index (κ3) is 8.00. The molecule has 3 aromatic carbocycles. The van der Waals surface area contributed by atoms with Crippen molar-refractivity contribution in [2.45, 2.75) is 43.9 Å². The molecule has 218 valence electrons. The first-order valence-corrected chi connectivity index (χ1v) is 15.4. The highest BCUT2D eigenvalue weighted by Crippen LogP contribution is 2.24. The minimum Gasteiger partial charge on any atom is -0.497 e. The van der Waals surface area contributed by atoms with Gasteiger partial charge in [-0.25, -0.2) is 0 Å². The minimum atomic E-state index is -0.199. The smallest absolute Gasteiger partial charge is 0.251 e. The van der Waals surface area contributed by atoms with Gasteiger partial charge in [-0.15, -0.1) is 10.2 Å². The molecule has 2 heterocycles. The maximum atomic E-state index is 13.1. The standard InChI is InChI=1S/C33H37N5O3S/c1-41-29-14-12-28(13-15-29)32(40)34-23-30-35-36-33(38(30)21-18-25-8-4-2-5-9-25)42-24-31(39)37-19-16-27(17-20-37)22-26-10-6-3-7-11-26/h2-15,27H,16-24H2,1H3,(H,34,40). The molecule has 0 spiro atoms. The number of hydrogen-bond acceptors (Lipinski definition) is 6. The van der Waals surface area contributed by atoms with Gasteiger partial charge in [0.15, 0.2) is 11.0 Å². The fraction of sp³-hybridized carbons (Fsp3) is 0.333. The number of aromatic nitrogens is 3. The van der Waals surface area contributed by atoms with Crippen molar-refractivity contribution in [3.05, 3.63) is 107 Å². The van der Waals surface area contributed by atoms with E-state index in [0.29, 0.717) is 40.5 Å². The first-order valence-electron chi connectivity index (χ1n) is 14.4. The van der Waals surface area contributed by atoms with E-state index in [0.717, 1.165) is 38.8 Å². The van der Waals surface area contributed by atoms with Gasteiger partial charge in [0.1, 0.15) is 5.75 Å². The monoisotopic (exact) mass is 583 g/mol. The highest BCUT2D eigenvalue weighted by atomic mass is 32.2. The summed E-state index contributed by atoms with van der Waals surface area (Å²) >= 11 is 1.41. The summed E-state index contributed by atoms with van der Waals surface area (Å²) in [5, 5.41) is 12.5. The van der Waals surface area contributed by atoms with E-state index in [1.807, 2.05) is 33.7 Å². The molecule has 5 rings (SSSR count). The Morgan fingerprint density at radius 1 is 0.905 bits per heavy atom. The van der Waals surface area contributed by atoms with E-state index in [9.17, 15) is 9.59 Å². The van der Waals surface area contributed by atoms with Crippen LogP contribution in [0.3, 0.4) is 0 Å². The van der Waals surface area contributed by atoms with Gasteiger partial charge in [-0.2, -0.15) is 0 Å². The molecule has 1 saturated heterocycles. The second-order valence-corrected chi connectivity index (χ2v) is 11.4. The Bertz CT molecular complexity index is 1440. The highest BCUT2D eigenvalue weighted by molar-refractivity contribution is 7.99. The number of carbonyl (C=O) groups excluding carboxylic acids is 2. The number of ether oxygens (including phenoxy) is 1. The van der Waals surface area contributed by atoms with Crippen LogP contribution in [0, 0.1) is 5.92 Å². The normalized spacial score (nSPS) is 13.6. The van der Waals surface area contributed by atoms with Crippen molar-refractivity contribution in [1.29, 1.82) is 0 Å². The number of hydrogen-bond donors (Lipinski definition) is 1. The first-order chi connectivity index (χ1) is 20.6. The lowest BCUT2D eigenvalue weighted by Gasteiger charge is -2.32. The lowest BCUT2D eigenvalue weighted by atomic mass is 9.90. The second kappa shape index (κ2) is 14.7. The molecular weight excluding hydrogens is 546 g/mol. The second-order valence-electron chi connectivity index (χ2n) is 10.5. The van der Waals surface area contributed by atoms with Gasteiger partial charge in [-0.3, -0.25) is 9.59 Å². The quantitative estimate of drug-likeness (QED) is 0.235. The maximum Gasteiger partial charge on any atom is 0.251 e. The van der Waals surface area contributed by atoms with Gasteiger partial charge in [-0.1, -0.05) is 72.4 Å². The molecule has 8 nitrogen and oxygen atoms in total. The van der Waals surface area contributed by atoms with Gasteiger partial charge in [0, 0.05) is 25.2 Å². The lowest BCUT2D eigenvalue weighted by Crippen LogP contribution is -2.39. The summed E-state index contributed by atoms with van der Waals surface area (Å²) in [6, 6.07) is 27.8. The fourth-order valence-corrected chi connectivity index (χ4v) is 6.11. The van der Waals surface area contributed by atoms with Crippen molar-refractivity contribution in [3.63, 3.8) is 0 Å². The Morgan fingerprint density at radius 2 is 1.57 bits per heavy atom. The molecule has 42 heavy (non-hydrogen) atoms. The zero-order chi connectivity index (χ0) is 29.1. The average Bonchev–Trinajstić information content (AvgIpc) is 3.44. The van der Waals surface area contributed by atoms with Crippen LogP contribution >= 0.6 is 11.8 Å². The third-order valence-electron chi connectivity index (χ3n) is 7.68. The number of thioether (sulfide) groups is 1. The van der Waals surface area contributed by atoms with E-state index < -0.39 is 0 Å². The summed E-state index contributed by atoms with van der Waals surface area (Å²) in [6.45, 7) is 2.46. The molecule has 0 radical (unpaired) electrons. The first kappa shape index (κ1) is 29.4. The molecular formula is C33H37N5O3S. The number of amides is 2. The molecule has 0 unspecified atom stereocenters. The molecule has 2 amide bonds. The van der Waals surface area contributed by atoms with E-state index in [4.69, 9.17) is 4.74 Å². The number of rotatable bonds is 12. The molecule has 1 aliphatic rings. The van der Waals surface area contributed by atoms with Crippen LogP contribution in [0.1, 0.15) is 40.2 Å². The summed E-state index contributed by atoms with van der Waals surface area (Å²) in [7, 11) is 1.59. The van der Waals surface area contributed by atoms with Crippen LogP contribution in [0.5, 0.6) is 5.75 Å². The van der Waals surface area contributed by atoms with Crippen molar-refractivity contribution in [2.75, 3.05) is 26.0 Å². The van der Waals surface area contributed by atoms with E-state index in [1.54, 1.807) is 31.4 Å². The zero-order valence-corrected chi connectivity index (χ0v) is 24.8. The topological polar surface area (TPSA) is 89.3 Å². The van der Waals surface area contributed by atoms with Gasteiger partial charge in [-0.05, 0) is 67.0 Å². The van der Waals surface area contributed by atoms with Crippen LogP contribution in [-0.2, 0) is 30.7 Å². The van der Waals surface area contributed by atoms with E-state index in [2.05, 4.69) is 51.9 Å². The van der Waals surface area contributed by atoms with Gasteiger partial charge in [0.2, 0.25) is 5.91 Å². The maximum absolute atomic E-state index is 13.1. The molecule has 4 aromatic rings. The van der Waals surface area contributed by atoms with Gasteiger partial charge < -0.3 is 19.5 Å². The van der Waals surface area contributed by atoms with Crippen molar-refractivity contribution >= 4 is 23.6 Å². The Morgan fingerprint density at radius 3 is 2.24 bits per heavy atom. The number of benzene rings is 3. The summed E-state index contributed by atoms with van der Waals surface area (Å²) in [5.74, 6) is 2.20. The van der Waals surface area contributed by atoms with Crippen molar-refractivity contribution in [3.8, 4) is 5.75 Å². The summed E-state index contributed by atoms with van der Waals surface area (Å²) in [6.07, 6.45) is 3.90. The Labute approximate surface area is 251 Å². The third-order valence-corrected chi connectivity index (χ3v) is 8.63. The van der Waals surface area contributed by atoms with Crippen LogP contribution in [0.4, 0.5) is 0 Å². The Hall–Kier alpha value is -4.11. The van der Waals surface area contributed by atoms with Gasteiger partial charge in [0.05, 0.1) is 19.4 Å². The van der Waals surface area contributed by atoms with Crippen LogP contribution in [0.2, 0.25) is 0 Å². The lowest BCUT2D eigenvalue weighted by molar-refractivity contribution is -0.129. The molecule has 1 aromatic heterocycles. The summed E-state index contributed by atoms with van der Waals surface area (Å²) < 4.78 is 7.20. The van der Waals surface area contributed by atoms with Crippen LogP contribution in [0.15, 0.2) is 90.1 Å². The number of aryl methyl sites for hydroxylation is 1. The molecule has 1 fully saturated rings. The van der Waals surface area contributed by atoms with E-state index in [1.165, 1.54) is 22.9 Å². The highest BCUT2D eigenvalue weighted by Gasteiger charge is 2.24. The minimum absolute atomic E-state index is 0.130. The number of nitrogens with one attached hydrogen (secondary N) is 1. The number of carbonyl (C=O) groups is 2. The van der Waals surface area contributed by atoms with Crippen LogP contribution in [0.25, 0.3) is 0 Å². The molecule has 0 atom stereocenters. The van der Waals surface area contributed by atoms with Gasteiger partial charge in [0.25, 0.3) is 5.91 Å². The predicted molar refractivity (Wildman–Crippen MR) is 165 cm³/mol. The van der Waals surface area contributed by atoms with E-state index in [-0.39, 0.29) is 18.4 Å². The molecule has 0 bridgehead atoms. The number of piperidine rings is 1. The molecule has 1 aliphatic heterocycles. The molecule has 1 N–H and O–H groups in total. The van der Waals surface area contributed by atoms with Crippen LogP contribution < -0.4 is 10.1 Å². The summed E-state index contributed by atoms with van der Waals surface area (Å²) in [4.78, 5) is 27.9. The zero-order valence-electron chi connectivity index (χ0n) is 23.9. The number of methoxy groups -OCH3 is 1. The SMILES string of the molecule is COc1ccc(C(=O)NCc2nnc(SCC(=O)N3CCC(Cc4ccccc4)CC3)n2CCc2ccccc2)cc1. The van der Waals surface area contributed by atoms with Crippen LogP contribution in [-0.4, -0.2) is 57.4 Å². The molecule has 0 aliphatic carbocycles. The van der Waals surface area contributed by atoms with Crippen molar-refractivity contribution in [2.24, 2.45) is 5.92 Å². The van der Waals surface area contributed by atoms with Gasteiger partial charge >= 0.3 is 0 Å². The predicted octanol–water partition coefficient (Wildman–Crippen LogP) is 5.03.